The molecule has 1 rings (SSSR count). The molecule has 18 heavy (non-hydrogen) atoms. The summed E-state index contributed by atoms with van der Waals surface area (Å²) < 4.78 is 27.4. The molecule has 1 aromatic heterocycles. The molecule has 1 atom stereocenters. The van der Waals surface area contributed by atoms with Crippen LogP contribution in [0, 0.1) is 6.92 Å². The number of furan rings is 1. The van der Waals surface area contributed by atoms with Gasteiger partial charge in [-0.3, -0.25) is 4.79 Å². The number of aryl methyl sites for hydroxylation is 1. The van der Waals surface area contributed by atoms with Crippen molar-refractivity contribution in [3.63, 3.8) is 0 Å². The molecule has 0 bridgehead atoms. The number of hydrogen-bond acceptors (Lipinski definition) is 5. The molecule has 1 heterocycles. The van der Waals surface area contributed by atoms with E-state index in [9.17, 15) is 13.2 Å². The zero-order chi connectivity index (χ0) is 13.9. The highest BCUT2D eigenvalue weighted by molar-refractivity contribution is 7.89. The number of rotatable bonds is 5. The lowest BCUT2D eigenvalue weighted by molar-refractivity contribution is 0.0921. The first-order valence-corrected chi connectivity index (χ1v) is 6.89. The minimum absolute atomic E-state index is 0.0696. The minimum atomic E-state index is -3.87. The number of nitrogens with two attached hydrogens (primary N) is 1. The van der Waals surface area contributed by atoms with Crippen LogP contribution in [0.3, 0.4) is 0 Å². The molecule has 102 valence electrons. The van der Waals surface area contributed by atoms with Crippen molar-refractivity contribution >= 4 is 15.9 Å². The second kappa shape index (κ2) is 5.51. The van der Waals surface area contributed by atoms with E-state index in [1.807, 2.05) is 6.92 Å². The van der Waals surface area contributed by atoms with Crippen LogP contribution in [0.2, 0.25) is 0 Å². The number of sulfonamides is 1. The van der Waals surface area contributed by atoms with Gasteiger partial charge in [0, 0.05) is 18.7 Å². The number of nitrogens with one attached hydrogen (secondary N) is 2. The largest absolute Gasteiger partial charge is 0.455 e. The highest BCUT2D eigenvalue weighted by Gasteiger charge is 2.20. The van der Waals surface area contributed by atoms with Gasteiger partial charge in [0.15, 0.2) is 5.76 Å². The zero-order valence-corrected chi connectivity index (χ0v) is 11.3. The first kappa shape index (κ1) is 14.7. The van der Waals surface area contributed by atoms with Crippen molar-refractivity contribution in [1.82, 2.24) is 10.6 Å². The second-order valence-corrected chi connectivity index (χ2v) is 5.51. The summed E-state index contributed by atoms with van der Waals surface area (Å²) in [6.45, 7) is 3.73. The van der Waals surface area contributed by atoms with Gasteiger partial charge in [-0.25, -0.2) is 13.6 Å². The first-order chi connectivity index (χ1) is 8.25. The van der Waals surface area contributed by atoms with Gasteiger partial charge in [-0.05, 0) is 20.9 Å². The Morgan fingerprint density at radius 1 is 1.56 bits per heavy atom. The van der Waals surface area contributed by atoms with Gasteiger partial charge in [0.1, 0.15) is 10.7 Å². The van der Waals surface area contributed by atoms with E-state index < -0.39 is 15.9 Å². The lowest BCUT2D eigenvalue weighted by Crippen LogP contribution is -2.37. The molecular formula is C10H17N3O4S. The van der Waals surface area contributed by atoms with Gasteiger partial charge in [-0.2, -0.15) is 0 Å². The Bertz CT molecular complexity index is 535. The smallest absolute Gasteiger partial charge is 0.287 e. The number of amides is 1. The second-order valence-electron chi connectivity index (χ2n) is 3.98. The van der Waals surface area contributed by atoms with E-state index in [0.717, 1.165) is 6.07 Å². The van der Waals surface area contributed by atoms with Crippen molar-refractivity contribution in [2.75, 3.05) is 13.6 Å². The summed E-state index contributed by atoms with van der Waals surface area (Å²) in [5.74, 6) is -0.445. The predicted octanol–water partition coefficient (Wildman–Crippen LogP) is -0.427. The molecule has 8 heteroatoms. The zero-order valence-electron chi connectivity index (χ0n) is 10.5. The molecule has 0 aliphatic carbocycles. The molecule has 0 spiro atoms. The van der Waals surface area contributed by atoms with Crippen LogP contribution in [0.1, 0.15) is 23.2 Å². The van der Waals surface area contributed by atoms with Crippen LogP contribution < -0.4 is 15.8 Å². The Labute approximate surface area is 106 Å². The highest BCUT2D eigenvalue weighted by Crippen LogP contribution is 2.18. The average molecular weight is 275 g/mol. The predicted molar refractivity (Wildman–Crippen MR) is 65.7 cm³/mol. The molecule has 0 saturated carbocycles. The van der Waals surface area contributed by atoms with Gasteiger partial charge in [0.2, 0.25) is 10.0 Å². The van der Waals surface area contributed by atoms with Crippen LogP contribution in [0.25, 0.3) is 0 Å². The van der Waals surface area contributed by atoms with Crippen LogP contribution in [0.4, 0.5) is 0 Å². The van der Waals surface area contributed by atoms with E-state index in [1.54, 1.807) is 7.05 Å². The topological polar surface area (TPSA) is 114 Å². The van der Waals surface area contributed by atoms with Gasteiger partial charge in [-0.1, -0.05) is 0 Å². The average Bonchev–Trinajstić information content (AvgIpc) is 2.67. The Morgan fingerprint density at radius 2 is 2.17 bits per heavy atom. The highest BCUT2D eigenvalue weighted by atomic mass is 32.2. The van der Waals surface area contributed by atoms with Crippen molar-refractivity contribution in [2.45, 2.75) is 24.8 Å². The molecule has 0 aromatic carbocycles. The molecule has 0 aliphatic heterocycles. The van der Waals surface area contributed by atoms with E-state index >= 15 is 0 Å². The number of carbonyl (C=O) groups is 1. The summed E-state index contributed by atoms with van der Waals surface area (Å²) in [7, 11) is -2.10. The van der Waals surface area contributed by atoms with Crippen molar-refractivity contribution in [3.05, 3.63) is 17.6 Å². The Morgan fingerprint density at radius 3 is 2.61 bits per heavy atom. The molecule has 4 N–H and O–H groups in total. The van der Waals surface area contributed by atoms with Gasteiger partial charge < -0.3 is 15.1 Å². The SMILES string of the molecule is CNC(C)CNC(=O)c1cc(S(N)(=O)=O)c(C)o1. The maximum Gasteiger partial charge on any atom is 0.287 e. The molecule has 1 unspecified atom stereocenters. The van der Waals surface area contributed by atoms with Crippen LogP contribution >= 0.6 is 0 Å². The number of likely N-dealkylation sites (N-methyl/N-ethyl adjacent to an activating group) is 1. The van der Waals surface area contributed by atoms with Crippen molar-refractivity contribution in [2.24, 2.45) is 5.14 Å². The lowest BCUT2D eigenvalue weighted by Gasteiger charge is -2.09. The third-order valence-corrected chi connectivity index (χ3v) is 3.48. The van der Waals surface area contributed by atoms with Crippen molar-refractivity contribution in [3.8, 4) is 0 Å². The summed E-state index contributed by atoms with van der Waals surface area (Å²) in [5, 5.41) is 10.5. The summed E-state index contributed by atoms with van der Waals surface area (Å²) in [4.78, 5) is 11.5. The van der Waals surface area contributed by atoms with Crippen LogP contribution in [-0.2, 0) is 10.0 Å². The van der Waals surface area contributed by atoms with E-state index in [4.69, 9.17) is 9.56 Å². The Hall–Kier alpha value is -1.38. The fourth-order valence-electron chi connectivity index (χ4n) is 1.29. The molecule has 1 aromatic rings. The first-order valence-electron chi connectivity index (χ1n) is 5.34. The Kier molecular flexibility index (Phi) is 4.49. The molecule has 0 radical (unpaired) electrons. The van der Waals surface area contributed by atoms with Crippen LogP contribution in [0.15, 0.2) is 15.4 Å². The van der Waals surface area contributed by atoms with Gasteiger partial charge in [-0.15, -0.1) is 0 Å². The summed E-state index contributed by atoms with van der Waals surface area (Å²) in [6.07, 6.45) is 0. The van der Waals surface area contributed by atoms with Gasteiger partial charge in [0.05, 0.1) is 0 Å². The van der Waals surface area contributed by atoms with Gasteiger partial charge >= 0.3 is 0 Å². The molecule has 0 fully saturated rings. The number of hydrogen-bond donors (Lipinski definition) is 3. The van der Waals surface area contributed by atoms with Gasteiger partial charge in [0.25, 0.3) is 5.91 Å². The quantitative estimate of drug-likeness (QED) is 0.674. The summed E-state index contributed by atoms with van der Waals surface area (Å²) in [6, 6.07) is 1.23. The monoisotopic (exact) mass is 275 g/mol. The van der Waals surface area contributed by atoms with Crippen molar-refractivity contribution < 1.29 is 17.6 Å². The van der Waals surface area contributed by atoms with E-state index in [0.29, 0.717) is 6.54 Å². The fourth-order valence-corrected chi connectivity index (χ4v) is 2.01. The third-order valence-electron chi connectivity index (χ3n) is 2.46. The maximum atomic E-state index is 11.7. The molecular weight excluding hydrogens is 258 g/mol. The van der Waals surface area contributed by atoms with Crippen LogP contribution in [-0.4, -0.2) is 34.0 Å². The number of carbonyl (C=O) groups excluding carboxylic acids is 1. The fraction of sp³-hybridized carbons (Fsp3) is 0.500. The molecule has 0 aliphatic rings. The Balaban J connectivity index is 2.83. The maximum absolute atomic E-state index is 11.7. The van der Waals surface area contributed by atoms with E-state index in [2.05, 4.69) is 10.6 Å². The van der Waals surface area contributed by atoms with Crippen LogP contribution in [0.5, 0.6) is 0 Å². The van der Waals surface area contributed by atoms with Crippen molar-refractivity contribution in [1.29, 1.82) is 0 Å². The third kappa shape index (κ3) is 3.56. The van der Waals surface area contributed by atoms with E-state index in [-0.39, 0.29) is 22.5 Å². The summed E-state index contributed by atoms with van der Waals surface area (Å²) in [5.41, 5.74) is 0. The molecule has 1 amide bonds. The normalized spacial score (nSPS) is 13.3. The lowest BCUT2D eigenvalue weighted by atomic mass is 10.3. The molecule has 7 nitrogen and oxygen atoms in total. The van der Waals surface area contributed by atoms with E-state index in [1.165, 1.54) is 6.92 Å². The molecule has 0 saturated heterocycles. The summed E-state index contributed by atoms with van der Waals surface area (Å²) >= 11 is 0. The number of primary sulfonamides is 1. The minimum Gasteiger partial charge on any atom is -0.455 e. The standard InChI is InChI=1S/C10H17N3O4S/c1-6(12-3)5-13-10(14)8-4-9(7(2)17-8)18(11,15)16/h4,6,12H,5H2,1-3H3,(H,13,14)(H2,11,15,16).